The molecule has 1 atom stereocenters. The third kappa shape index (κ3) is 4.23. The molecule has 1 unspecified atom stereocenters. The van der Waals surface area contributed by atoms with Crippen LogP contribution in [0.3, 0.4) is 0 Å². The lowest BCUT2D eigenvalue weighted by molar-refractivity contribution is 0.296. The summed E-state index contributed by atoms with van der Waals surface area (Å²) in [6.45, 7) is 9.14. The topological polar surface area (TPSA) is 15.3 Å². The maximum atomic E-state index is 3.73. The average molecular weight is 278 g/mol. The lowest BCUT2D eigenvalue weighted by Gasteiger charge is -2.26. The molecular formula is C16H26N2S. The molecule has 1 heterocycles. The van der Waals surface area contributed by atoms with Gasteiger partial charge in [0.1, 0.15) is 0 Å². The molecule has 0 radical (unpaired) electrons. The summed E-state index contributed by atoms with van der Waals surface area (Å²) in [5, 5.41) is 3.73. The van der Waals surface area contributed by atoms with Gasteiger partial charge in [-0.25, -0.2) is 0 Å². The van der Waals surface area contributed by atoms with E-state index in [0.29, 0.717) is 6.04 Å². The Bertz CT molecular complexity index is 377. The third-order valence-electron chi connectivity index (χ3n) is 3.91. The summed E-state index contributed by atoms with van der Waals surface area (Å²) in [5.41, 5.74) is 3.03. The van der Waals surface area contributed by atoms with Crippen LogP contribution in [0.25, 0.3) is 0 Å². The van der Waals surface area contributed by atoms with Crippen molar-refractivity contribution in [1.82, 2.24) is 10.2 Å². The third-order valence-corrected chi connectivity index (χ3v) is 4.99. The molecule has 0 saturated carbocycles. The van der Waals surface area contributed by atoms with Gasteiger partial charge in [0.2, 0.25) is 0 Å². The van der Waals surface area contributed by atoms with E-state index in [0.717, 1.165) is 6.54 Å². The predicted octanol–water partition coefficient (Wildman–Crippen LogP) is 3.30. The molecule has 0 spiro atoms. The van der Waals surface area contributed by atoms with Gasteiger partial charge in [0.05, 0.1) is 0 Å². The summed E-state index contributed by atoms with van der Waals surface area (Å²) in [6, 6.07) is 9.43. The molecule has 2 nitrogen and oxygen atoms in total. The molecule has 0 bridgehead atoms. The van der Waals surface area contributed by atoms with Gasteiger partial charge in [0.25, 0.3) is 0 Å². The van der Waals surface area contributed by atoms with Gasteiger partial charge in [0.15, 0.2) is 0 Å². The first-order chi connectivity index (χ1) is 9.35. The molecule has 0 amide bonds. The molecule has 2 rings (SSSR count). The van der Waals surface area contributed by atoms with Crippen molar-refractivity contribution in [2.45, 2.75) is 32.1 Å². The van der Waals surface area contributed by atoms with E-state index >= 15 is 0 Å². The molecule has 0 aromatic heterocycles. The van der Waals surface area contributed by atoms with E-state index in [4.69, 9.17) is 0 Å². The molecule has 1 aromatic rings. The molecule has 106 valence electrons. The summed E-state index contributed by atoms with van der Waals surface area (Å²) < 4.78 is 0. The largest absolute Gasteiger partial charge is 0.309 e. The number of thioether (sulfide) groups is 1. The molecule has 1 aliphatic heterocycles. The van der Waals surface area contributed by atoms with Gasteiger partial charge in [0, 0.05) is 17.5 Å². The zero-order chi connectivity index (χ0) is 13.5. The highest BCUT2D eigenvalue weighted by atomic mass is 32.2. The van der Waals surface area contributed by atoms with Crippen LogP contribution >= 0.6 is 11.8 Å². The molecular weight excluding hydrogens is 252 g/mol. The van der Waals surface area contributed by atoms with Gasteiger partial charge in [-0.2, -0.15) is 11.8 Å². The van der Waals surface area contributed by atoms with Gasteiger partial charge in [-0.1, -0.05) is 38.1 Å². The fourth-order valence-electron chi connectivity index (χ4n) is 2.67. The molecule has 0 saturated heterocycles. The number of benzene rings is 1. The van der Waals surface area contributed by atoms with Crippen molar-refractivity contribution in [2.75, 3.05) is 31.9 Å². The van der Waals surface area contributed by atoms with E-state index in [1.54, 1.807) is 0 Å². The summed E-state index contributed by atoms with van der Waals surface area (Å²) >= 11 is 2.05. The minimum atomic E-state index is 0.548. The number of nitrogens with zero attached hydrogens (tertiary/aromatic N) is 1. The van der Waals surface area contributed by atoms with Gasteiger partial charge < -0.3 is 10.2 Å². The Morgan fingerprint density at radius 2 is 2.05 bits per heavy atom. The Hall–Kier alpha value is -0.510. The van der Waals surface area contributed by atoms with Crippen LogP contribution in [0.2, 0.25) is 0 Å². The molecule has 19 heavy (non-hydrogen) atoms. The normalized spacial score (nSPS) is 18.6. The molecule has 1 N–H and O–H groups in total. The van der Waals surface area contributed by atoms with E-state index in [1.165, 1.54) is 48.7 Å². The second-order valence-corrected chi connectivity index (χ2v) is 6.13. The van der Waals surface area contributed by atoms with Crippen molar-refractivity contribution in [1.29, 1.82) is 0 Å². The SMILES string of the molecule is CCN(CC)CCCNC1CSCc2ccccc21. The number of hydrogen-bond acceptors (Lipinski definition) is 3. The highest BCUT2D eigenvalue weighted by Crippen LogP contribution is 2.31. The Kier molecular flexibility index (Phi) is 6.21. The van der Waals surface area contributed by atoms with E-state index in [9.17, 15) is 0 Å². The number of hydrogen-bond donors (Lipinski definition) is 1. The van der Waals surface area contributed by atoms with Gasteiger partial charge >= 0.3 is 0 Å². The monoisotopic (exact) mass is 278 g/mol. The second kappa shape index (κ2) is 7.93. The van der Waals surface area contributed by atoms with Crippen LogP contribution in [-0.2, 0) is 5.75 Å². The smallest absolute Gasteiger partial charge is 0.0415 e. The summed E-state index contributed by atoms with van der Waals surface area (Å²) in [6.07, 6.45) is 1.24. The maximum absolute atomic E-state index is 3.73. The van der Waals surface area contributed by atoms with Crippen molar-refractivity contribution in [3.63, 3.8) is 0 Å². The summed E-state index contributed by atoms with van der Waals surface area (Å²) in [7, 11) is 0. The molecule has 3 heteroatoms. The van der Waals surface area contributed by atoms with E-state index in [1.807, 2.05) is 11.8 Å². The van der Waals surface area contributed by atoms with Crippen molar-refractivity contribution < 1.29 is 0 Å². The first kappa shape index (κ1) is 14.9. The van der Waals surface area contributed by atoms with Crippen molar-refractivity contribution >= 4 is 11.8 Å². The van der Waals surface area contributed by atoms with Crippen molar-refractivity contribution in [3.05, 3.63) is 35.4 Å². The van der Waals surface area contributed by atoms with Crippen LogP contribution in [0.5, 0.6) is 0 Å². The van der Waals surface area contributed by atoms with Gasteiger partial charge in [-0.05, 0) is 43.7 Å². The highest BCUT2D eigenvalue weighted by Gasteiger charge is 2.18. The van der Waals surface area contributed by atoms with Crippen LogP contribution in [-0.4, -0.2) is 36.8 Å². The first-order valence-electron chi connectivity index (χ1n) is 7.46. The standard InChI is InChI=1S/C16H26N2S/c1-3-18(4-2)11-7-10-17-16-13-19-12-14-8-5-6-9-15(14)16/h5-6,8-9,16-17H,3-4,7,10-13H2,1-2H3. The van der Waals surface area contributed by atoms with Gasteiger partial charge in [-0.3, -0.25) is 0 Å². The zero-order valence-electron chi connectivity index (χ0n) is 12.2. The van der Waals surface area contributed by atoms with Crippen LogP contribution in [0.4, 0.5) is 0 Å². The minimum absolute atomic E-state index is 0.548. The van der Waals surface area contributed by atoms with Crippen molar-refractivity contribution in [2.24, 2.45) is 0 Å². The van der Waals surface area contributed by atoms with Crippen LogP contribution in [0, 0.1) is 0 Å². The van der Waals surface area contributed by atoms with Gasteiger partial charge in [-0.15, -0.1) is 0 Å². The summed E-state index contributed by atoms with van der Waals surface area (Å²) in [4.78, 5) is 2.49. The quantitative estimate of drug-likeness (QED) is 0.771. The predicted molar refractivity (Wildman–Crippen MR) is 85.8 cm³/mol. The van der Waals surface area contributed by atoms with Crippen molar-refractivity contribution in [3.8, 4) is 0 Å². The first-order valence-corrected chi connectivity index (χ1v) is 8.62. The van der Waals surface area contributed by atoms with E-state index in [-0.39, 0.29) is 0 Å². The van der Waals surface area contributed by atoms with E-state index < -0.39 is 0 Å². The highest BCUT2D eigenvalue weighted by molar-refractivity contribution is 7.98. The Balaban J connectivity index is 1.78. The summed E-state index contributed by atoms with van der Waals surface area (Å²) in [5.74, 6) is 2.39. The molecule has 0 aliphatic carbocycles. The van der Waals surface area contributed by atoms with Crippen LogP contribution < -0.4 is 5.32 Å². The van der Waals surface area contributed by atoms with Crippen LogP contribution in [0.1, 0.15) is 37.4 Å². The number of nitrogens with one attached hydrogen (secondary N) is 1. The average Bonchev–Trinajstić information content (AvgIpc) is 2.47. The Labute approximate surface area is 122 Å². The number of fused-ring (bicyclic) bond motifs is 1. The number of rotatable bonds is 7. The minimum Gasteiger partial charge on any atom is -0.309 e. The lowest BCUT2D eigenvalue weighted by atomic mass is 10.0. The lowest BCUT2D eigenvalue weighted by Crippen LogP contribution is -2.31. The molecule has 1 aliphatic rings. The van der Waals surface area contributed by atoms with E-state index in [2.05, 4.69) is 48.3 Å². The molecule has 0 fully saturated rings. The zero-order valence-corrected chi connectivity index (χ0v) is 13.0. The Morgan fingerprint density at radius 1 is 1.26 bits per heavy atom. The fourth-order valence-corrected chi connectivity index (χ4v) is 3.80. The maximum Gasteiger partial charge on any atom is 0.0415 e. The second-order valence-electron chi connectivity index (χ2n) is 5.10. The fraction of sp³-hybridized carbons (Fsp3) is 0.625. The van der Waals surface area contributed by atoms with Crippen LogP contribution in [0.15, 0.2) is 24.3 Å². The Morgan fingerprint density at radius 3 is 2.84 bits per heavy atom. The molecule has 1 aromatic carbocycles.